The summed E-state index contributed by atoms with van der Waals surface area (Å²) in [6.45, 7) is 16.4. The van der Waals surface area contributed by atoms with Gasteiger partial charge in [0, 0.05) is 30.1 Å². The summed E-state index contributed by atoms with van der Waals surface area (Å²) in [7, 11) is 0. The van der Waals surface area contributed by atoms with Gasteiger partial charge in [-0.3, -0.25) is 14.4 Å². The minimum atomic E-state index is -1.25. The van der Waals surface area contributed by atoms with E-state index in [1.807, 2.05) is 76.2 Å². The van der Waals surface area contributed by atoms with E-state index in [4.69, 9.17) is 4.74 Å². The highest BCUT2D eigenvalue weighted by atomic mass is 79.9. The summed E-state index contributed by atoms with van der Waals surface area (Å²) >= 11 is 3.80. The van der Waals surface area contributed by atoms with Gasteiger partial charge in [0.05, 0.1) is 30.6 Å². The second kappa shape index (κ2) is 13.8. The molecule has 1 N–H and O–H groups in total. The Bertz CT molecular complexity index is 1480. The van der Waals surface area contributed by atoms with Gasteiger partial charge in [0.2, 0.25) is 11.8 Å². The van der Waals surface area contributed by atoms with Crippen molar-refractivity contribution in [3.63, 3.8) is 0 Å². The number of nitrogens with zero attached hydrogens (tertiary/aromatic N) is 3. The standard InChI is InChI=1S/C37H46BrN3O5/c1-7-16-39(21-26-12-10-9-11-13-26)34(43)30-31-35(44)41(27(22-42)18-23(3)4)33(37(31)20-28(38)32(30)46-37)36(45)40(17-8-2)29-19-24(5)14-15-25(29)6/h7-15,19,23,27-28,30-33,42H,1-2,16-18,20-22H2,3-6H3/t27-,28?,30-,31+,32-,33?,37?/m1/s1. The van der Waals surface area contributed by atoms with Crippen molar-refractivity contribution in [1.82, 2.24) is 9.80 Å². The number of carbonyl (C=O) groups is 3. The van der Waals surface area contributed by atoms with Gasteiger partial charge in [-0.05, 0) is 55.4 Å². The molecule has 0 radical (unpaired) electrons. The zero-order chi connectivity index (χ0) is 33.3. The molecule has 2 aromatic carbocycles. The number of aliphatic hydroxyl groups excluding tert-OH is 1. The van der Waals surface area contributed by atoms with Gasteiger partial charge in [0.1, 0.15) is 11.6 Å². The predicted octanol–water partition coefficient (Wildman–Crippen LogP) is 5.19. The van der Waals surface area contributed by atoms with Crippen LogP contribution in [0, 0.1) is 31.6 Å². The van der Waals surface area contributed by atoms with Crippen molar-refractivity contribution in [2.45, 2.75) is 75.7 Å². The molecule has 3 unspecified atom stereocenters. The highest BCUT2D eigenvalue weighted by Crippen LogP contribution is 2.61. The number of anilines is 1. The van der Waals surface area contributed by atoms with Crippen molar-refractivity contribution >= 4 is 39.3 Å². The van der Waals surface area contributed by atoms with Crippen LogP contribution in [-0.4, -0.2) is 80.9 Å². The first-order valence-corrected chi connectivity index (χ1v) is 17.1. The van der Waals surface area contributed by atoms with Crippen LogP contribution in [0.25, 0.3) is 0 Å². The van der Waals surface area contributed by atoms with Crippen LogP contribution in [0.1, 0.15) is 43.4 Å². The van der Waals surface area contributed by atoms with Gasteiger partial charge in [0.15, 0.2) is 0 Å². The number of alkyl halides is 1. The van der Waals surface area contributed by atoms with Gasteiger partial charge in [-0.2, -0.15) is 0 Å². The number of hydrogen-bond donors (Lipinski definition) is 1. The number of rotatable bonds is 13. The number of aliphatic hydroxyl groups is 1. The van der Waals surface area contributed by atoms with Crippen LogP contribution in [0.5, 0.6) is 0 Å². The summed E-state index contributed by atoms with van der Waals surface area (Å²) in [6, 6.07) is 14.0. The molecule has 2 bridgehead atoms. The molecule has 8 nitrogen and oxygen atoms in total. The third-order valence-electron chi connectivity index (χ3n) is 9.70. The van der Waals surface area contributed by atoms with Crippen molar-refractivity contribution < 1.29 is 24.2 Å². The van der Waals surface area contributed by atoms with Crippen LogP contribution < -0.4 is 4.90 Å². The molecule has 46 heavy (non-hydrogen) atoms. The fourth-order valence-corrected chi connectivity index (χ4v) is 8.78. The second-order valence-corrected chi connectivity index (χ2v) is 14.6. The third kappa shape index (κ3) is 5.98. The Morgan fingerprint density at radius 2 is 1.80 bits per heavy atom. The number of halogens is 1. The van der Waals surface area contributed by atoms with E-state index in [1.54, 1.807) is 26.9 Å². The van der Waals surface area contributed by atoms with E-state index >= 15 is 4.79 Å². The van der Waals surface area contributed by atoms with Crippen molar-refractivity contribution in [1.29, 1.82) is 0 Å². The van der Waals surface area contributed by atoms with Gasteiger partial charge >= 0.3 is 0 Å². The number of aryl methyl sites for hydroxylation is 2. The Morgan fingerprint density at radius 3 is 2.43 bits per heavy atom. The number of amides is 3. The first-order chi connectivity index (χ1) is 22.0. The summed E-state index contributed by atoms with van der Waals surface area (Å²) in [5, 5.41) is 10.7. The predicted molar refractivity (Wildman–Crippen MR) is 183 cm³/mol. The lowest BCUT2D eigenvalue weighted by Gasteiger charge is -2.40. The van der Waals surface area contributed by atoms with Crippen molar-refractivity contribution in [3.05, 3.63) is 90.5 Å². The molecule has 5 rings (SSSR count). The first-order valence-electron chi connectivity index (χ1n) is 16.2. The molecule has 7 atom stereocenters. The van der Waals surface area contributed by atoms with E-state index in [9.17, 15) is 14.7 Å². The molecule has 3 saturated heterocycles. The largest absolute Gasteiger partial charge is 0.394 e. The zero-order valence-corrected chi connectivity index (χ0v) is 28.9. The fraction of sp³-hybridized carbons (Fsp3) is 0.486. The number of fused-ring (bicyclic) bond motifs is 1. The molecule has 9 heteroatoms. The second-order valence-electron chi connectivity index (χ2n) is 13.4. The van der Waals surface area contributed by atoms with E-state index in [0.717, 1.165) is 22.4 Å². The lowest BCUT2D eigenvalue weighted by Crippen LogP contribution is -2.59. The minimum absolute atomic E-state index is 0.148. The average molecular weight is 693 g/mol. The van der Waals surface area contributed by atoms with E-state index in [2.05, 4.69) is 29.1 Å². The van der Waals surface area contributed by atoms with E-state index in [0.29, 0.717) is 25.9 Å². The molecule has 0 aliphatic carbocycles. The summed E-state index contributed by atoms with van der Waals surface area (Å²) in [5.74, 6) is -2.34. The maximum Gasteiger partial charge on any atom is 0.253 e. The van der Waals surface area contributed by atoms with Crippen LogP contribution in [0.15, 0.2) is 73.8 Å². The molecule has 0 saturated carbocycles. The molecule has 0 aromatic heterocycles. The fourth-order valence-electron chi connectivity index (χ4n) is 7.84. The molecular formula is C37H46BrN3O5. The summed E-state index contributed by atoms with van der Waals surface area (Å²) in [6.07, 6.45) is 3.66. The van der Waals surface area contributed by atoms with Gasteiger partial charge in [-0.1, -0.05) is 84.4 Å². The quantitative estimate of drug-likeness (QED) is 0.231. The summed E-state index contributed by atoms with van der Waals surface area (Å²) < 4.78 is 6.82. The van der Waals surface area contributed by atoms with Crippen molar-refractivity contribution in [3.8, 4) is 0 Å². The monoisotopic (exact) mass is 691 g/mol. The Morgan fingerprint density at radius 1 is 1.11 bits per heavy atom. The van der Waals surface area contributed by atoms with Crippen LogP contribution in [0.3, 0.4) is 0 Å². The number of benzene rings is 2. The van der Waals surface area contributed by atoms with Crippen molar-refractivity contribution in [2.75, 3.05) is 24.6 Å². The number of carbonyl (C=O) groups excluding carboxylic acids is 3. The highest BCUT2D eigenvalue weighted by molar-refractivity contribution is 9.09. The Labute approximate surface area is 281 Å². The van der Waals surface area contributed by atoms with E-state index < -0.39 is 35.6 Å². The maximum absolute atomic E-state index is 15.0. The Hall–Kier alpha value is -3.27. The molecule has 3 aliphatic rings. The van der Waals surface area contributed by atoms with Crippen LogP contribution in [0.4, 0.5) is 5.69 Å². The molecule has 3 fully saturated rings. The molecule has 246 valence electrons. The van der Waals surface area contributed by atoms with Crippen molar-refractivity contribution in [2.24, 2.45) is 17.8 Å². The van der Waals surface area contributed by atoms with Crippen LogP contribution in [-0.2, 0) is 25.7 Å². The summed E-state index contributed by atoms with van der Waals surface area (Å²) in [5.41, 5.74) is 2.36. The summed E-state index contributed by atoms with van der Waals surface area (Å²) in [4.78, 5) is 49.1. The van der Waals surface area contributed by atoms with Gasteiger partial charge in [-0.25, -0.2) is 0 Å². The number of hydrogen-bond acceptors (Lipinski definition) is 5. The third-order valence-corrected chi connectivity index (χ3v) is 10.5. The SMILES string of the molecule is C=CCN(Cc1ccccc1)C(=O)[C@H]1[C@@H]2OC3(CC2Br)C(C(=O)N(CC=C)c2cc(C)ccc2C)N([C@@H](CO)CC(C)C)C(=O)[C@H]13. The molecule has 2 aromatic rings. The minimum Gasteiger partial charge on any atom is -0.394 e. The Balaban J connectivity index is 1.62. The normalized spacial score (nSPS) is 27.1. The first kappa shape index (κ1) is 34.1. The topological polar surface area (TPSA) is 90.4 Å². The van der Waals surface area contributed by atoms with Crippen LogP contribution in [0.2, 0.25) is 0 Å². The number of ether oxygens (including phenoxy) is 1. The lowest BCUT2D eigenvalue weighted by atomic mass is 9.70. The highest BCUT2D eigenvalue weighted by Gasteiger charge is 2.77. The van der Waals surface area contributed by atoms with Gasteiger partial charge in [0.25, 0.3) is 5.91 Å². The molecule has 1 spiro atoms. The number of likely N-dealkylation sites (tertiary alicyclic amines) is 1. The molecule has 3 aliphatic heterocycles. The maximum atomic E-state index is 15.0. The molecular weight excluding hydrogens is 646 g/mol. The molecule has 3 heterocycles. The lowest BCUT2D eigenvalue weighted by molar-refractivity contribution is -0.147. The van der Waals surface area contributed by atoms with Gasteiger partial charge in [-0.15, -0.1) is 13.2 Å². The zero-order valence-electron chi connectivity index (χ0n) is 27.3. The van der Waals surface area contributed by atoms with E-state index in [1.165, 1.54) is 0 Å². The average Bonchev–Trinajstić information content (AvgIpc) is 3.62. The van der Waals surface area contributed by atoms with Crippen LogP contribution >= 0.6 is 15.9 Å². The molecule has 3 amide bonds. The Kier molecular flexibility index (Phi) is 10.3. The van der Waals surface area contributed by atoms with Gasteiger partial charge < -0.3 is 24.5 Å². The smallest absolute Gasteiger partial charge is 0.253 e. The van der Waals surface area contributed by atoms with E-state index in [-0.39, 0.29) is 41.6 Å².